The Morgan fingerprint density at radius 3 is 1.95 bits per heavy atom. The summed E-state index contributed by atoms with van der Waals surface area (Å²) in [5, 5.41) is 12.6. The van der Waals surface area contributed by atoms with Crippen molar-refractivity contribution in [2.45, 2.75) is 79.9 Å². The number of nitrogens with one attached hydrogen (secondary N) is 1. The van der Waals surface area contributed by atoms with E-state index in [2.05, 4.69) is 5.32 Å². The number of carboxylic acids is 1. The molecule has 0 bridgehead atoms. The van der Waals surface area contributed by atoms with Crippen LogP contribution in [0.4, 0.5) is 9.59 Å². The van der Waals surface area contributed by atoms with Crippen molar-refractivity contribution in [1.29, 1.82) is 0 Å². The molecule has 1 aromatic rings. The first-order chi connectivity index (χ1) is 18.3. The number of aliphatic carboxylic acids is 1. The third-order valence-corrected chi connectivity index (χ3v) is 5.29. The van der Waals surface area contributed by atoms with Gasteiger partial charge in [-0.15, -0.1) is 0 Å². The first kappa shape index (κ1) is 33.7. The second kappa shape index (κ2) is 17.3. The SMILES string of the molecule is CCCC(C)C(=O)OC(C)CN[C@@H](Cc1ccc(OC(=O)OCC(C)C)c(OC(=O)OCC(C)C)c1)C(=O)O. The zero-order valence-corrected chi connectivity index (χ0v) is 24.0. The molecule has 0 aliphatic rings. The lowest BCUT2D eigenvalue weighted by Gasteiger charge is -2.20. The van der Waals surface area contributed by atoms with Crippen molar-refractivity contribution >= 4 is 24.2 Å². The van der Waals surface area contributed by atoms with Crippen LogP contribution in [0.25, 0.3) is 0 Å². The van der Waals surface area contributed by atoms with E-state index in [1.165, 1.54) is 12.1 Å². The fourth-order valence-corrected chi connectivity index (χ4v) is 3.25. The first-order valence-corrected chi connectivity index (χ1v) is 13.3. The highest BCUT2D eigenvalue weighted by molar-refractivity contribution is 5.74. The Hall–Kier alpha value is -3.34. The van der Waals surface area contributed by atoms with Crippen molar-refractivity contribution in [3.8, 4) is 11.5 Å². The third-order valence-electron chi connectivity index (χ3n) is 5.29. The van der Waals surface area contributed by atoms with Crippen molar-refractivity contribution in [2.24, 2.45) is 17.8 Å². The van der Waals surface area contributed by atoms with Crippen LogP contribution >= 0.6 is 0 Å². The quantitative estimate of drug-likeness (QED) is 0.162. The molecule has 2 unspecified atom stereocenters. The highest BCUT2D eigenvalue weighted by atomic mass is 16.7. The lowest BCUT2D eigenvalue weighted by molar-refractivity contribution is -0.152. The number of hydrogen-bond donors (Lipinski definition) is 2. The van der Waals surface area contributed by atoms with Crippen LogP contribution in [0.2, 0.25) is 0 Å². The average molecular weight is 554 g/mol. The Labute approximate surface area is 230 Å². The molecule has 11 nitrogen and oxygen atoms in total. The van der Waals surface area contributed by atoms with Gasteiger partial charge in [0, 0.05) is 6.54 Å². The minimum Gasteiger partial charge on any atom is -0.480 e. The molecule has 0 spiro atoms. The number of esters is 1. The standard InChI is InChI=1S/C28H43NO10/c1-8-9-19(6)26(32)37-20(7)14-29-22(25(30)31)12-21-10-11-23(38-27(33)35-15-17(2)3)24(13-21)39-28(34)36-16-18(4)5/h10-11,13,17-20,22,29H,8-9,12,14-16H2,1-7H3,(H,30,31)/t19?,20?,22-/m0/s1. The molecule has 39 heavy (non-hydrogen) atoms. The largest absolute Gasteiger partial charge is 0.513 e. The number of carbonyl (C=O) groups is 4. The van der Waals surface area contributed by atoms with E-state index in [-0.39, 0.29) is 61.4 Å². The van der Waals surface area contributed by atoms with E-state index in [9.17, 15) is 24.3 Å². The maximum atomic E-state index is 12.2. The molecule has 0 saturated heterocycles. The molecule has 0 radical (unpaired) electrons. The molecular formula is C28H43NO10. The van der Waals surface area contributed by atoms with E-state index in [1.807, 2.05) is 34.6 Å². The summed E-state index contributed by atoms with van der Waals surface area (Å²) in [6.07, 6.45) is -0.950. The van der Waals surface area contributed by atoms with E-state index in [0.717, 1.165) is 6.42 Å². The maximum Gasteiger partial charge on any atom is 0.513 e. The molecule has 0 heterocycles. The summed E-state index contributed by atoms with van der Waals surface area (Å²) >= 11 is 0. The smallest absolute Gasteiger partial charge is 0.480 e. The summed E-state index contributed by atoms with van der Waals surface area (Å²) in [5.41, 5.74) is 0.477. The molecule has 0 aliphatic heterocycles. The van der Waals surface area contributed by atoms with Gasteiger partial charge >= 0.3 is 24.2 Å². The number of benzene rings is 1. The minimum atomic E-state index is -1.12. The molecule has 3 atom stereocenters. The van der Waals surface area contributed by atoms with Crippen LogP contribution in [0.15, 0.2) is 18.2 Å². The van der Waals surface area contributed by atoms with Gasteiger partial charge in [-0.1, -0.05) is 54.0 Å². The fourth-order valence-electron chi connectivity index (χ4n) is 3.25. The Morgan fingerprint density at radius 2 is 1.44 bits per heavy atom. The predicted octanol–water partition coefficient (Wildman–Crippen LogP) is 4.98. The Morgan fingerprint density at radius 1 is 0.872 bits per heavy atom. The van der Waals surface area contributed by atoms with Gasteiger partial charge in [0.1, 0.15) is 12.1 Å². The van der Waals surface area contributed by atoms with Crippen molar-refractivity contribution < 1.29 is 48.0 Å². The average Bonchev–Trinajstić information content (AvgIpc) is 2.85. The summed E-state index contributed by atoms with van der Waals surface area (Å²) < 4.78 is 26.0. The fraction of sp³-hybridized carbons (Fsp3) is 0.643. The molecule has 11 heteroatoms. The Bertz CT molecular complexity index is 946. The van der Waals surface area contributed by atoms with Gasteiger partial charge in [-0.05, 0) is 49.3 Å². The maximum absolute atomic E-state index is 12.2. The monoisotopic (exact) mass is 553 g/mol. The van der Waals surface area contributed by atoms with Gasteiger partial charge in [-0.25, -0.2) is 9.59 Å². The summed E-state index contributed by atoms with van der Waals surface area (Å²) in [5.74, 6) is -1.73. The predicted molar refractivity (Wildman–Crippen MR) is 143 cm³/mol. The molecule has 1 aromatic carbocycles. The van der Waals surface area contributed by atoms with Crippen LogP contribution in [-0.4, -0.2) is 61.3 Å². The lowest BCUT2D eigenvalue weighted by atomic mass is 10.0. The summed E-state index contributed by atoms with van der Waals surface area (Å²) in [4.78, 5) is 48.4. The topological polar surface area (TPSA) is 147 Å². The Kier molecular flexibility index (Phi) is 14.9. The summed E-state index contributed by atoms with van der Waals surface area (Å²) in [7, 11) is 0. The number of hydrogen-bond acceptors (Lipinski definition) is 10. The van der Waals surface area contributed by atoms with Gasteiger partial charge in [0.15, 0.2) is 11.5 Å². The summed E-state index contributed by atoms with van der Waals surface area (Å²) in [6.45, 7) is 13.3. The molecule has 0 amide bonds. The lowest BCUT2D eigenvalue weighted by Crippen LogP contribution is -2.43. The van der Waals surface area contributed by atoms with Crippen molar-refractivity contribution in [2.75, 3.05) is 19.8 Å². The second-order valence-corrected chi connectivity index (χ2v) is 10.3. The van der Waals surface area contributed by atoms with Crippen LogP contribution in [0, 0.1) is 17.8 Å². The van der Waals surface area contributed by atoms with Gasteiger partial charge < -0.3 is 34.1 Å². The van der Waals surface area contributed by atoms with Crippen molar-refractivity contribution in [3.63, 3.8) is 0 Å². The van der Waals surface area contributed by atoms with E-state index < -0.39 is 30.4 Å². The number of carbonyl (C=O) groups excluding carboxylic acids is 3. The van der Waals surface area contributed by atoms with Gasteiger partial charge in [0.05, 0.1) is 19.1 Å². The van der Waals surface area contributed by atoms with E-state index in [0.29, 0.717) is 12.0 Å². The van der Waals surface area contributed by atoms with Gasteiger partial charge in [-0.2, -0.15) is 0 Å². The van der Waals surface area contributed by atoms with Crippen LogP contribution in [0.5, 0.6) is 11.5 Å². The summed E-state index contributed by atoms with van der Waals surface area (Å²) in [6, 6.07) is 3.29. The molecule has 2 N–H and O–H groups in total. The molecular weight excluding hydrogens is 510 g/mol. The molecule has 0 saturated carbocycles. The highest BCUT2D eigenvalue weighted by Gasteiger charge is 2.23. The minimum absolute atomic E-state index is 0.00227. The van der Waals surface area contributed by atoms with E-state index in [1.54, 1.807) is 19.9 Å². The molecule has 220 valence electrons. The van der Waals surface area contributed by atoms with E-state index in [4.69, 9.17) is 23.7 Å². The zero-order valence-electron chi connectivity index (χ0n) is 24.0. The van der Waals surface area contributed by atoms with Crippen LogP contribution in [-0.2, 0) is 30.2 Å². The van der Waals surface area contributed by atoms with Crippen LogP contribution < -0.4 is 14.8 Å². The van der Waals surface area contributed by atoms with Gasteiger partial charge in [0.2, 0.25) is 0 Å². The normalized spacial score (nSPS) is 13.4. The van der Waals surface area contributed by atoms with Gasteiger partial charge in [-0.3, -0.25) is 9.59 Å². The molecule has 0 aliphatic carbocycles. The molecule has 1 rings (SSSR count). The van der Waals surface area contributed by atoms with E-state index >= 15 is 0 Å². The van der Waals surface area contributed by atoms with Crippen LogP contribution in [0.3, 0.4) is 0 Å². The first-order valence-electron chi connectivity index (χ1n) is 13.3. The van der Waals surface area contributed by atoms with Crippen LogP contribution in [0.1, 0.15) is 66.9 Å². The van der Waals surface area contributed by atoms with Crippen molar-refractivity contribution in [3.05, 3.63) is 23.8 Å². The van der Waals surface area contributed by atoms with Gasteiger partial charge in [0.25, 0.3) is 0 Å². The second-order valence-electron chi connectivity index (χ2n) is 10.3. The number of ether oxygens (including phenoxy) is 5. The van der Waals surface area contributed by atoms with Crippen molar-refractivity contribution in [1.82, 2.24) is 5.32 Å². The molecule has 0 aromatic heterocycles. The Balaban J connectivity index is 2.98. The third kappa shape index (κ3) is 13.9. The highest BCUT2D eigenvalue weighted by Crippen LogP contribution is 2.30. The number of rotatable bonds is 16. The zero-order chi connectivity index (χ0) is 29.5. The number of carboxylic acid groups (broad SMARTS) is 1. The molecule has 0 fully saturated rings.